The molecule has 10 heteroatoms. The SMILES string of the molecule is CC(C)CC(C(=O)N1CCN(c2ccc(S(C)(=O)=O)cc2)C[C@H]1C)C(O)C(=O)NO. The van der Waals surface area contributed by atoms with Crippen LogP contribution < -0.4 is 10.4 Å². The lowest BCUT2D eigenvalue weighted by molar-refractivity contribution is -0.152. The second-order valence-electron chi connectivity index (χ2n) is 8.25. The van der Waals surface area contributed by atoms with Crippen LogP contribution >= 0.6 is 0 Å². The van der Waals surface area contributed by atoms with Gasteiger partial charge in [0.1, 0.15) is 6.10 Å². The van der Waals surface area contributed by atoms with Gasteiger partial charge in [0.2, 0.25) is 5.91 Å². The van der Waals surface area contributed by atoms with Crippen molar-refractivity contribution in [1.29, 1.82) is 0 Å². The maximum Gasteiger partial charge on any atom is 0.272 e. The van der Waals surface area contributed by atoms with Crippen molar-refractivity contribution in [2.75, 3.05) is 30.8 Å². The van der Waals surface area contributed by atoms with E-state index in [1.165, 1.54) is 5.48 Å². The van der Waals surface area contributed by atoms with Crippen LogP contribution in [0.15, 0.2) is 29.2 Å². The van der Waals surface area contributed by atoms with Gasteiger partial charge < -0.3 is 14.9 Å². The van der Waals surface area contributed by atoms with Crippen molar-refractivity contribution >= 4 is 27.3 Å². The minimum Gasteiger partial charge on any atom is -0.382 e. The van der Waals surface area contributed by atoms with Gasteiger partial charge in [0.05, 0.1) is 10.8 Å². The van der Waals surface area contributed by atoms with Crippen molar-refractivity contribution in [3.63, 3.8) is 0 Å². The van der Waals surface area contributed by atoms with Gasteiger partial charge >= 0.3 is 0 Å². The van der Waals surface area contributed by atoms with Crippen LogP contribution in [-0.4, -0.2) is 73.5 Å². The topological polar surface area (TPSA) is 127 Å². The normalized spacial score (nSPS) is 19.5. The standard InChI is InChI=1S/C20H31N3O6S/c1-13(2)11-17(18(24)19(25)21-27)20(26)23-10-9-22(12-14(23)3)15-5-7-16(8-6-15)30(4,28)29/h5-8,13-14,17-18,24,27H,9-12H2,1-4H3,(H,21,25)/t14-,17?,18?/m1/s1. The Morgan fingerprint density at radius 1 is 1.20 bits per heavy atom. The summed E-state index contributed by atoms with van der Waals surface area (Å²) in [5.74, 6) is -2.18. The van der Waals surface area contributed by atoms with E-state index in [1.807, 2.05) is 20.8 Å². The van der Waals surface area contributed by atoms with Crippen LogP contribution in [0.25, 0.3) is 0 Å². The number of hydrogen-bond donors (Lipinski definition) is 3. The first-order chi connectivity index (χ1) is 14.0. The number of nitrogens with one attached hydrogen (secondary N) is 1. The van der Waals surface area contributed by atoms with Gasteiger partial charge in [0.15, 0.2) is 9.84 Å². The van der Waals surface area contributed by atoms with E-state index in [0.717, 1.165) is 11.9 Å². The molecule has 168 valence electrons. The second-order valence-corrected chi connectivity index (χ2v) is 10.3. The molecule has 1 aliphatic heterocycles. The van der Waals surface area contributed by atoms with Gasteiger partial charge in [-0.1, -0.05) is 13.8 Å². The van der Waals surface area contributed by atoms with Crippen molar-refractivity contribution < 1.29 is 28.3 Å². The molecule has 0 aliphatic carbocycles. The third-order valence-corrected chi connectivity index (χ3v) is 6.47. The molecule has 2 amide bonds. The maximum atomic E-state index is 13.1. The van der Waals surface area contributed by atoms with E-state index < -0.39 is 27.8 Å². The molecule has 2 rings (SSSR count). The lowest BCUT2D eigenvalue weighted by atomic mass is 9.89. The second kappa shape index (κ2) is 9.76. The average molecular weight is 442 g/mol. The van der Waals surface area contributed by atoms with Crippen molar-refractivity contribution in [1.82, 2.24) is 10.4 Å². The van der Waals surface area contributed by atoms with Crippen molar-refractivity contribution in [2.45, 2.75) is 44.2 Å². The number of anilines is 1. The number of nitrogens with zero attached hydrogens (tertiary/aromatic N) is 2. The van der Waals surface area contributed by atoms with Crippen molar-refractivity contribution in [3.8, 4) is 0 Å². The highest BCUT2D eigenvalue weighted by atomic mass is 32.2. The fraction of sp³-hybridized carbons (Fsp3) is 0.600. The monoisotopic (exact) mass is 441 g/mol. The summed E-state index contributed by atoms with van der Waals surface area (Å²) in [5, 5.41) is 19.1. The highest BCUT2D eigenvalue weighted by Gasteiger charge is 2.38. The van der Waals surface area contributed by atoms with Crippen LogP contribution in [0, 0.1) is 11.8 Å². The largest absolute Gasteiger partial charge is 0.382 e. The zero-order valence-electron chi connectivity index (χ0n) is 17.8. The van der Waals surface area contributed by atoms with Crippen molar-refractivity contribution in [3.05, 3.63) is 24.3 Å². The molecule has 3 atom stereocenters. The Bertz CT molecular complexity index is 856. The molecule has 2 unspecified atom stereocenters. The zero-order valence-corrected chi connectivity index (χ0v) is 18.6. The van der Waals surface area contributed by atoms with Crippen molar-refractivity contribution in [2.24, 2.45) is 11.8 Å². The summed E-state index contributed by atoms with van der Waals surface area (Å²) in [6, 6.07) is 6.44. The average Bonchev–Trinajstić information content (AvgIpc) is 2.69. The van der Waals surface area contributed by atoms with E-state index >= 15 is 0 Å². The van der Waals surface area contributed by atoms with E-state index in [1.54, 1.807) is 29.2 Å². The fourth-order valence-electron chi connectivity index (χ4n) is 3.76. The molecular weight excluding hydrogens is 410 g/mol. The summed E-state index contributed by atoms with van der Waals surface area (Å²) < 4.78 is 23.3. The van der Waals surface area contributed by atoms with Crippen LogP contribution in [0.2, 0.25) is 0 Å². The maximum absolute atomic E-state index is 13.1. The number of hydroxylamine groups is 1. The van der Waals surface area contributed by atoms with Gasteiger partial charge in [-0.2, -0.15) is 0 Å². The number of aliphatic hydroxyl groups excluding tert-OH is 1. The summed E-state index contributed by atoms with van der Waals surface area (Å²) in [7, 11) is -3.26. The molecule has 1 fully saturated rings. The molecule has 0 saturated carbocycles. The number of amides is 2. The third kappa shape index (κ3) is 5.71. The van der Waals surface area contributed by atoms with Crippen LogP contribution in [0.4, 0.5) is 5.69 Å². The number of benzene rings is 1. The first-order valence-corrected chi connectivity index (χ1v) is 11.8. The van der Waals surface area contributed by atoms with Gasteiger partial charge in [0.25, 0.3) is 5.91 Å². The first kappa shape index (κ1) is 24.1. The molecule has 1 aliphatic rings. The Morgan fingerprint density at radius 2 is 1.80 bits per heavy atom. The van der Waals surface area contributed by atoms with Crippen LogP contribution in [-0.2, 0) is 19.4 Å². The Balaban J connectivity index is 2.12. The number of hydrogen-bond acceptors (Lipinski definition) is 7. The first-order valence-electron chi connectivity index (χ1n) is 9.93. The molecule has 1 aromatic carbocycles. The summed E-state index contributed by atoms with van der Waals surface area (Å²) in [4.78, 5) is 28.8. The predicted molar refractivity (Wildman–Crippen MR) is 112 cm³/mol. The Morgan fingerprint density at radius 3 is 2.27 bits per heavy atom. The van der Waals surface area contributed by atoms with Gasteiger partial charge in [0, 0.05) is 37.6 Å². The molecule has 30 heavy (non-hydrogen) atoms. The lowest BCUT2D eigenvalue weighted by Crippen LogP contribution is -2.57. The summed E-state index contributed by atoms with van der Waals surface area (Å²) in [6.45, 7) is 7.14. The molecule has 0 radical (unpaired) electrons. The molecule has 0 aromatic heterocycles. The van der Waals surface area contributed by atoms with Gasteiger partial charge in [-0.05, 0) is 43.5 Å². The van der Waals surface area contributed by atoms with Crippen LogP contribution in [0.1, 0.15) is 27.2 Å². The molecule has 0 spiro atoms. The summed E-state index contributed by atoms with van der Waals surface area (Å²) >= 11 is 0. The quantitative estimate of drug-likeness (QED) is 0.419. The summed E-state index contributed by atoms with van der Waals surface area (Å²) in [6.07, 6.45) is -0.153. The van der Waals surface area contributed by atoms with Crippen LogP contribution in [0.5, 0.6) is 0 Å². The van der Waals surface area contributed by atoms with Gasteiger partial charge in [-0.15, -0.1) is 0 Å². The van der Waals surface area contributed by atoms with Gasteiger partial charge in [-0.25, -0.2) is 13.9 Å². The molecule has 1 saturated heterocycles. The molecule has 3 N–H and O–H groups in total. The smallest absolute Gasteiger partial charge is 0.272 e. The van der Waals surface area contributed by atoms with Crippen LogP contribution in [0.3, 0.4) is 0 Å². The van der Waals surface area contributed by atoms with E-state index in [0.29, 0.717) is 26.1 Å². The predicted octanol–water partition coefficient (Wildman–Crippen LogP) is 0.656. The third-order valence-electron chi connectivity index (χ3n) is 5.34. The molecule has 1 aromatic rings. The zero-order chi connectivity index (χ0) is 22.6. The van der Waals surface area contributed by atoms with E-state index in [9.17, 15) is 23.1 Å². The molecule has 9 nitrogen and oxygen atoms in total. The Kier molecular flexibility index (Phi) is 7.84. The number of piperazine rings is 1. The Hall–Kier alpha value is -2.17. The Labute approximate surface area is 177 Å². The number of rotatable bonds is 7. The number of aliphatic hydroxyl groups is 1. The summed E-state index contributed by atoms with van der Waals surface area (Å²) in [5.41, 5.74) is 2.28. The fourth-order valence-corrected chi connectivity index (χ4v) is 4.39. The van der Waals surface area contributed by atoms with E-state index in [2.05, 4.69) is 4.90 Å². The lowest BCUT2D eigenvalue weighted by Gasteiger charge is -2.42. The molecular formula is C20H31N3O6S. The number of sulfone groups is 1. The van der Waals surface area contributed by atoms with E-state index in [4.69, 9.17) is 5.21 Å². The van der Waals surface area contributed by atoms with Gasteiger partial charge in [-0.3, -0.25) is 14.8 Å². The van der Waals surface area contributed by atoms with E-state index in [-0.39, 0.29) is 22.8 Å². The minimum atomic E-state index is -3.26. The number of carbonyl (C=O) groups is 2. The highest BCUT2D eigenvalue weighted by Crippen LogP contribution is 2.25. The minimum absolute atomic E-state index is 0.0741. The molecule has 0 bridgehead atoms. The molecule has 1 heterocycles. The number of carbonyl (C=O) groups excluding carboxylic acids is 2. The highest BCUT2D eigenvalue weighted by molar-refractivity contribution is 7.90.